The first-order valence-electron chi connectivity index (χ1n) is 13.8. The molecule has 0 aliphatic carbocycles. The van der Waals surface area contributed by atoms with Gasteiger partial charge in [0.15, 0.2) is 6.79 Å². The Bertz CT molecular complexity index is 1610. The molecular formula is C31H35N3O7S. The van der Waals surface area contributed by atoms with Gasteiger partial charge in [-0.25, -0.2) is 17.2 Å². The van der Waals surface area contributed by atoms with E-state index in [4.69, 9.17) is 18.9 Å². The second-order valence-electron chi connectivity index (χ2n) is 10.2. The number of aromatic nitrogens is 2. The van der Waals surface area contributed by atoms with Crippen molar-refractivity contribution in [3.8, 4) is 17.0 Å². The average Bonchev–Trinajstić information content (AvgIpc) is 3.41. The molecule has 3 heterocycles. The van der Waals surface area contributed by atoms with Gasteiger partial charge in [-0.15, -0.1) is 0 Å². The Morgan fingerprint density at radius 2 is 1.81 bits per heavy atom. The van der Waals surface area contributed by atoms with E-state index in [9.17, 15) is 13.2 Å². The minimum atomic E-state index is -3.68. The number of fused-ring (bicyclic) bond motifs is 1. The zero-order valence-electron chi connectivity index (χ0n) is 23.8. The maximum Gasteiger partial charge on any atom is 0.410 e. The molecule has 0 radical (unpaired) electrons. The predicted octanol–water partition coefficient (Wildman–Crippen LogP) is 5.03. The molecule has 10 nitrogen and oxygen atoms in total. The van der Waals surface area contributed by atoms with E-state index in [1.54, 1.807) is 30.5 Å². The molecular weight excluding hydrogens is 558 g/mol. The number of hydrogen-bond donors (Lipinski definition) is 0. The fourth-order valence-electron chi connectivity index (χ4n) is 5.29. The van der Waals surface area contributed by atoms with E-state index < -0.39 is 10.0 Å². The number of piperidine rings is 1. The van der Waals surface area contributed by atoms with E-state index in [0.29, 0.717) is 61.7 Å². The van der Waals surface area contributed by atoms with E-state index >= 15 is 0 Å². The Labute approximate surface area is 245 Å². The Morgan fingerprint density at radius 3 is 2.55 bits per heavy atom. The van der Waals surface area contributed by atoms with Crippen molar-refractivity contribution in [3.05, 3.63) is 84.2 Å². The molecule has 5 rings (SSSR count). The number of carbonyl (C=O) groups is 1. The highest BCUT2D eigenvalue weighted by molar-refractivity contribution is 7.89. The summed E-state index contributed by atoms with van der Waals surface area (Å²) in [7, 11) is -2.08. The summed E-state index contributed by atoms with van der Waals surface area (Å²) in [5.74, 6) is 0.635. The van der Waals surface area contributed by atoms with Crippen LogP contribution < -0.4 is 4.74 Å². The number of carbonyl (C=O) groups excluding carboxylic acids is 1. The normalized spacial score (nSPS) is 14.3. The molecule has 2 aromatic heterocycles. The van der Waals surface area contributed by atoms with E-state index in [0.717, 1.165) is 16.5 Å². The fraction of sp³-hybridized carbons (Fsp3) is 0.355. The summed E-state index contributed by atoms with van der Waals surface area (Å²) in [6.07, 6.45) is 5.42. The average molecular weight is 594 g/mol. The molecule has 0 bridgehead atoms. The second kappa shape index (κ2) is 13.4. The van der Waals surface area contributed by atoms with Gasteiger partial charge in [0.25, 0.3) is 0 Å². The van der Waals surface area contributed by atoms with Crippen molar-refractivity contribution in [3.63, 3.8) is 0 Å². The van der Waals surface area contributed by atoms with Crippen LogP contribution in [0.3, 0.4) is 0 Å². The summed E-state index contributed by atoms with van der Waals surface area (Å²) in [5.41, 5.74) is 3.48. The van der Waals surface area contributed by atoms with Gasteiger partial charge in [0.2, 0.25) is 10.0 Å². The molecule has 0 unspecified atom stereocenters. The van der Waals surface area contributed by atoms with Gasteiger partial charge in [0, 0.05) is 37.3 Å². The monoisotopic (exact) mass is 593 g/mol. The number of para-hydroxylation sites is 1. The van der Waals surface area contributed by atoms with E-state index in [1.165, 1.54) is 10.2 Å². The van der Waals surface area contributed by atoms with Gasteiger partial charge in [-0.05, 0) is 48.1 Å². The molecule has 1 saturated heterocycles. The third kappa shape index (κ3) is 6.75. The second-order valence-corrected chi connectivity index (χ2v) is 12.0. The van der Waals surface area contributed by atoms with E-state index in [-0.39, 0.29) is 25.4 Å². The lowest BCUT2D eigenvalue weighted by Crippen LogP contribution is -2.38. The van der Waals surface area contributed by atoms with Crippen molar-refractivity contribution in [2.24, 2.45) is 0 Å². The molecule has 1 amide bonds. The number of hydrogen-bond acceptors (Lipinski definition) is 8. The van der Waals surface area contributed by atoms with Crippen LogP contribution in [-0.2, 0) is 30.8 Å². The van der Waals surface area contributed by atoms with Gasteiger partial charge in [0.05, 0.1) is 36.9 Å². The Morgan fingerprint density at radius 1 is 1.02 bits per heavy atom. The lowest BCUT2D eigenvalue weighted by atomic mass is 9.87. The Hall–Kier alpha value is -3.93. The third-order valence-corrected chi connectivity index (χ3v) is 8.39. The lowest BCUT2D eigenvalue weighted by molar-refractivity contribution is -0.00888. The minimum absolute atomic E-state index is 0.0291. The first-order chi connectivity index (χ1) is 20.4. The largest absolute Gasteiger partial charge is 0.467 e. The van der Waals surface area contributed by atoms with Gasteiger partial charge < -0.3 is 23.8 Å². The Balaban J connectivity index is 1.41. The van der Waals surface area contributed by atoms with Crippen molar-refractivity contribution in [1.29, 1.82) is 0 Å². The van der Waals surface area contributed by atoms with Crippen LogP contribution in [0.25, 0.3) is 22.2 Å². The molecule has 222 valence electrons. The van der Waals surface area contributed by atoms with Crippen molar-refractivity contribution < 1.29 is 32.2 Å². The topological polar surface area (TPSA) is 109 Å². The molecule has 0 atom stereocenters. The van der Waals surface area contributed by atoms with Crippen LogP contribution in [0.2, 0.25) is 0 Å². The van der Waals surface area contributed by atoms with Gasteiger partial charge in [-0.1, -0.05) is 42.5 Å². The molecule has 4 aromatic rings. The molecule has 11 heteroatoms. The van der Waals surface area contributed by atoms with Crippen LogP contribution in [0.4, 0.5) is 4.79 Å². The standard InChI is InChI=1S/C31H35N3O7S/c1-38-17-18-39-22-41-30-26(24-12-15-33(16-13-24)31(35)40-21-23-7-4-3-5-8-23)9-6-10-27(30)28-19-25-11-14-32-20-29(25)34(28)42(2,36)37/h3-11,14,19-20,24H,12-13,15-18,21-22H2,1-2H3. The summed E-state index contributed by atoms with van der Waals surface area (Å²) in [5, 5.41) is 0.750. The van der Waals surface area contributed by atoms with E-state index in [1.807, 2.05) is 54.6 Å². The van der Waals surface area contributed by atoms with Gasteiger partial charge in [-0.2, -0.15) is 0 Å². The number of amides is 1. The predicted molar refractivity (Wildman–Crippen MR) is 159 cm³/mol. The van der Waals surface area contributed by atoms with Crippen LogP contribution in [0.15, 0.2) is 73.1 Å². The highest BCUT2D eigenvalue weighted by atomic mass is 32.2. The molecule has 42 heavy (non-hydrogen) atoms. The van der Waals surface area contributed by atoms with Crippen LogP contribution in [0, 0.1) is 0 Å². The van der Waals surface area contributed by atoms with Crippen LogP contribution >= 0.6 is 0 Å². The number of methoxy groups -OCH3 is 1. The lowest BCUT2D eigenvalue weighted by Gasteiger charge is -2.32. The molecule has 0 spiro atoms. The number of benzene rings is 2. The summed E-state index contributed by atoms with van der Waals surface area (Å²) >= 11 is 0. The van der Waals surface area contributed by atoms with Crippen molar-refractivity contribution in [2.75, 3.05) is 46.5 Å². The summed E-state index contributed by atoms with van der Waals surface area (Å²) in [6, 6.07) is 19.0. The Kier molecular flexibility index (Phi) is 9.41. The smallest absolute Gasteiger partial charge is 0.410 e. The highest BCUT2D eigenvalue weighted by Crippen LogP contribution is 2.42. The van der Waals surface area contributed by atoms with Gasteiger partial charge in [-0.3, -0.25) is 4.98 Å². The molecule has 1 aliphatic rings. The molecule has 0 N–H and O–H groups in total. The number of ether oxygens (including phenoxy) is 4. The maximum atomic E-state index is 13.0. The summed E-state index contributed by atoms with van der Waals surface area (Å²) in [6.45, 7) is 2.03. The maximum absolute atomic E-state index is 13.0. The van der Waals surface area contributed by atoms with Gasteiger partial charge in [0.1, 0.15) is 12.4 Å². The third-order valence-electron chi connectivity index (χ3n) is 7.33. The quantitative estimate of drug-likeness (QED) is 0.176. The highest BCUT2D eigenvalue weighted by Gasteiger charge is 2.29. The number of pyridine rings is 1. The van der Waals surface area contributed by atoms with Crippen molar-refractivity contribution in [1.82, 2.24) is 13.9 Å². The fourth-order valence-corrected chi connectivity index (χ4v) is 6.31. The SMILES string of the molecule is COCCOCOc1c(-c2cc3ccncc3n2S(C)(=O)=O)cccc1C1CCN(C(=O)OCc2ccccc2)CC1. The van der Waals surface area contributed by atoms with Crippen molar-refractivity contribution in [2.45, 2.75) is 25.4 Å². The van der Waals surface area contributed by atoms with Crippen molar-refractivity contribution >= 4 is 27.0 Å². The van der Waals surface area contributed by atoms with Crippen LogP contribution in [0.1, 0.15) is 29.9 Å². The number of likely N-dealkylation sites (tertiary alicyclic amines) is 1. The zero-order valence-corrected chi connectivity index (χ0v) is 24.6. The summed E-state index contributed by atoms with van der Waals surface area (Å²) in [4.78, 5) is 18.6. The first-order valence-corrected chi connectivity index (χ1v) is 15.7. The molecule has 0 saturated carbocycles. The van der Waals surface area contributed by atoms with Crippen LogP contribution in [0.5, 0.6) is 5.75 Å². The number of nitrogens with zero attached hydrogens (tertiary/aromatic N) is 3. The van der Waals surface area contributed by atoms with E-state index in [2.05, 4.69) is 4.98 Å². The molecule has 1 fully saturated rings. The molecule has 2 aromatic carbocycles. The first kappa shape index (κ1) is 29.6. The number of rotatable bonds is 11. The summed E-state index contributed by atoms with van der Waals surface area (Å²) < 4.78 is 49.7. The molecule has 1 aliphatic heterocycles. The zero-order chi connectivity index (χ0) is 29.5. The van der Waals surface area contributed by atoms with Crippen LogP contribution in [-0.4, -0.2) is 74.8 Å². The minimum Gasteiger partial charge on any atom is -0.467 e. The van der Waals surface area contributed by atoms with Gasteiger partial charge >= 0.3 is 6.09 Å².